The van der Waals surface area contributed by atoms with E-state index in [1.807, 2.05) is 24.3 Å². The van der Waals surface area contributed by atoms with Crippen LogP contribution < -0.4 is 19.5 Å². The molecule has 25 heavy (non-hydrogen) atoms. The van der Waals surface area contributed by atoms with Gasteiger partial charge in [-0.25, -0.2) is 0 Å². The van der Waals surface area contributed by atoms with Gasteiger partial charge in [-0.05, 0) is 35.9 Å². The summed E-state index contributed by atoms with van der Waals surface area (Å²) >= 11 is 7.43. The molecule has 0 radical (unpaired) electrons. The van der Waals surface area contributed by atoms with E-state index in [1.54, 1.807) is 19.2 Å². The molecule has 0 saturated heterocycles. The van der Waals surface area contributed by atoms with Crippen molar-refractivity contribution < 1.29 is 19.0 Å². The lowest BCUT2D eigenvalue weighted by molar-refractivity contribution is 0.0952. The summed E-state index contributed by atoms with van der Waals surface area (Å²) in [4.78, 5) is 13.1. The number of amides is 1. The van der Waals surface area contributed by atoms with Crippen LogP contribution in [-0.2, 0) is 6.54 Å². The number of fused-ring (bicyclic) bond motifs is 2. The number of benzene rings is 2. The van der Waals surface area contributed by atoms with Gasteiger partial charge in [-0.1, -0.05) is 17.7 Å². The van der Waals surface area contributed by atoms with Crippen LogP contribution in [0.25, 0.3) is 10.1 Å². The Morgan fingerprint density at radius 3 is 2.92 bits per heavy atom. The van der Waals surface area contributed by atoms with Crippen LogP contribution in [0.4, 0.5) is 0 Å². The first-order chi connectivity index (χ1) is 12.2. The van der Waals surface area contributed by atoms with Crippen LogP contribution in [0.5, 0.6) is 17.2 Å². The van der Waals surface area contributed by atoms with Gasteiger partial charge in [0.05, 0.1) is 7.11 Å². The molecule has 1 amide bonds. The summed E-state index contributed by atoms with van der Waals surface area (Å²) in [6, 6.07) is 11.1. The Bertz CT molecular complexity index is 969. The highest BCUT2D eigenvalue weighted by Gasteiger charge is 2.20. The van der Waals surface area contributed by atoms with Crippen LogP contribution >= 0.6 is 22.9 Å². The van der Waals surface area contributed by atoms with Crippen molar-refractivity contribution in [2.75, 3.05) is 13.9 Å². The fourth-order valence-corrected chi connectivity index (χ4v) is 3.95. The maximum atomic E-state index is 12.6. The number of hydrogen-bond acceptors (Lipinski definition) is 5. The Labute approximate surface area is 153 Å². The molecule has 0 saturated carbocycles. The highest BCUT2D eigenvalue weighted by atomic mass is 35.5. The van der Waals surface area contributed by atoms with Gasteiger partial charge in [-0.15, -0.1) is 11.3 Å². The predicted molar refractivity (Wildman–Crippen MR) is 97.1 cm³/mol. The largest absolute Gasteiger partial charge is 0.494 e. The summed E-state index contributed by atoms with van der Waals surface area (Å²) in [5, 5.41) is 4.37. The molecular formula is C18H14ClNO4S. The van der Waals surface area contributed by atoms with Gasteiger partial charge in [0.25, 0.3) is 5.91 Å². The number of nitrogens with one attached hydrogen (secondary N) is 1. The second-order valence-electron chi connectivity index (χ2n) is 5.48. The van der Waals surface area contributed by atoms with E-state index in [9.17, 15) is 4.79 Å². The summed E-state index contributed by atoms with van der Waals surface area (Å²) in [7, 11) is 1.55. The SMILES string of the molecule is COc1c(C(=O)NCc2ccc3c(c2)OCO3)sc2ccc(Cl)cc12. The van der Waals surface area contributed by atoms with Gasteiger partial charge in [0.15, 0.2) is 11.5 Å². The van der Waals surface area contributed by atoms with Crippen molar-refractivity contribution in [2.24, 2.45) is 0 Å². The second-order valence-corrected chi connectivity index (χ2v) is 6.96. The van der Waals surface area contributed by atoms with E-state index in [0.29, 0.717) is 27.9 Å². The predicted octanol–water partition coefficient (Wildman–Crippen LogP) is 4.22. The Morgan fingerprint density at radius 2 is 2.08 bits per heavy atom. The quantitative estimate of drug-likeness (QED) is 0.741. The molecule has 128 valence electrons. The number of hydrogen-bond donors (Lipinski definition) is 1. The maximum absolute atomic E-state index is 12.6. The molecule has 0 atom stereocenters. The molecule has 0 bridgehead atoms. The highest BCUT2D eigenvalue weighted by Crippen LogP contribution is 2.39. The Hall–Kier alpha value is -2.44. The van der Waals surface area contributed by atoms with E-state index >= 15 is 0 Å². The molecule has 7 heteroatoms. The number of rotatable bonds is 4. The van der Waals surface area contributed by atoms with Crippen molar-refractivity contribution >= 4 is 38.9 Å². The van der Waals surface area contributed by atoms with Crippen molar-refractivity contribution in [3.63, 3.8) is 0 Å². The molecule has 3 aromatic rings. The molecule has 2 aromatic carbocycles. The molecule has 4 rings (SSSR count). The average Bonchev–Trinajstić information content (AvgIpc) is 3.22. The van der Waals surface area contributed by atoms with E-state index in [-0.39, 0.29) is 12.7 Å². The van der Waals surface area contributed by atoms with E-state index in [0.717, 1.165) is 21.4 Å². The minimum absolute atomic E-state index is 0.188. The molecule has 1 aliphatic rings. The molecule has 0 fully saturated rings. The lowest BCUT2D eigenvalue weighted by atomic mass is 10.2. The third-order valence-corrected chi connectivity index (χ3v) is 5.29. The van der Waals surface area contributed by atoms with Crippen LogP contribution in [0.3, 0.4) is 0 Å². The Morgan fingerprint density at radius 1 is 1.24 bits per heavy atom. The molecular weight excluding hydrogens is 362 g/mol. The Kier molecular flexibility index (Phi) is 4.15. The summed E-state index contributed by atoms with van der Waals surface area (Å²) in [6.07, 6.45) is 0. The van der Waals surface area contributed by atoms with Gasteiger partial charge >= 0.3 is 0 Å². The van der Waals surface area contributed by atoms with Crippen LogP contribution in [-0.4, -0.2) is 19.8 Å². The number of carbonyl (C=O) groups is 1. The van der Waals surface area contributed by atoms with Crippen molar-refractivity contribution in [3.8, 4) is 17.2 Å². The third kappa shape index (κ3) is 2.99. The molecule has 0 aliphatic carbocycles. The van der Waals surface area contributed by atoms with Gasteiger partial charge in [0.2, 0.25) is 6.79 Å². The van der Waals surface area contributed by atoms with Crippen LogP contribution in [0.1, 0.15) is 15.2 Å². The standard InChI is InChI=1S/C18H14ClNO4S/c1-22-16-12-7-11(19)3-5-15(12)25-17(16)18(21)20-8-10-2-4-13-14(6-10)24-9-23-13/h2-7H,8-9H2,1H3,(H,20,21). The van der Waals surface area contributed by atoms with Gasteiger partial charge < -0.3 is 19.5 Å². The summed E-state index contributed by atoms with van der Waals surface area (Å²) in [5.74, 6) is 1.77. The minimum Gasteiger partial charge on any atom is -0.494 e. The third-order valence-electron chi connectivity index (χ3n) is 3.90. The number of halogens is 1. The first-order valence-corrected chi connectivity index (χ1v) is 8.78. The molecule has 1 aromatic heterocycles. The Balaban J connectivity index is 1.56. The van der Waals surface area contributed by atoms with Gasteiger partial charge in [-0.3, -0.25) is 4.79 Å². The highest BCUT2D eigenvalue weighted by molar-refractivity contribution is 7.21. The molecule has 2 heterocycles. The number of methoxy groups -OCH3 is 1. The monoisotopic (exact) mass is 375 g/mol. The first kappa shape index (κ1) is 16.1. The van der Waals surface area contributed by atoms with Gasteiger partial charge in [-0.2, -0.15) is 0 Å². The van der Waals surface area contributed by atoms with E-state index < -0.39 is 0 Å². The van der Waals surface area contributed by atoms with E-state index in [2.05, 4.69) is 5.32 Å². The summed E-state index contributed by atoms with van der Waals surface area (Å²) in [6.45, 7) is 0.611. The molecule has 1 aliphatic heterocycles. The van der Waals surface area contributed by atoms with Crippen molar-refractivity contribution in [1.82, 2.24) is 5.32 Å². The fourth-order valence-electron chi connectivity index (χ4n) is 2.71. The van der Waals surface area contributed by atoms with E-state index in [1.165, 1.54) is 11.3 Å². The van der Waals surface area contributed by atoms with Crippen molar-refractivity contribution in [3.05, 3.63) is 51.9 Å². The molecule has 5 nitrogen and oxygen atoms in total. The zero-order valence-electron chi connectivity index (χ0n) is 13.3. The number of ether oxygens (including phenoxy) is 3. The molecule has 0 unspecified atom stereocenters. The fraction of sp³-hybridized carbons (Fsp3) is 0.167. The normalized spacial score (nSPS) is 12.4. The van der Waals surface area contributed by atoms with Crippen molar-refractivity contribution in [1.29, 1.82) is 0 Å². The van der Waals surface area contributed by atoms with Crippen LogP contribution in [0, 0.1) is 0 Å². The molecule has 0 spiro atoms. The average molecular weight is 376 g/mol. The number of carbonyl (C=O) groups excluding carboxylic acids is 1. The van der Waals surface area contributed by atoms with Crippen molar-refractivity contribution in [2.45, 2.75) is 6.54 Å². The topological polar surface area (TPSA) is 56.8 Å². The summed E-state index contributed by atoms with van der Waals surface area (Å²) < 4.78 is 17.0. The lowest BCUT2D eigenvalue weighted by Crippen LogP contribution is -2.22. The summed E-state index contributed by atoms with van der Waals surface area (Å²) in [5.41, 5.74) is 0.931. The first-order valence-electron chi connectivity index (χ1n) is 7.58. The zero-order chi connectivity index (χ0) is 17.4. The van der Waals surface area contributed by atoms with E-state index in [4.69, 9.17) is 25.8 Å². The second kappa shape index (κ2) is 6.46. The minimum atomic E-state index is -0.188. The molecule has 1 N–H and O–H groups in total. The van der Waals surface area contributed by atoms with Gasteiger partial charge in [0.1, 0.15) is 10.6 Å². The van der Waals surface area contributed by atoms with Crippen LogP contribution in [0.2, 0.25) is 5.02 Å². The number of thiophene rings is 1. The maximum Gasteiger partial charge on any atom is 0.265 e. The lowest BCUT2D eigenvalue weighted by Gasteiger charge is -2.07. The smallest absolute Gasteiger partial charge is 0.265 e. The van der Waals surface area contributed by atoms with Gasteiger partial charge in [0, 0.05) is 21.7 Å². The van der Waals surface area contributed by atoms with Crippen LogP contribution in [0.15, 0.2) is 36.4 Å². The zero-order valence-corrected chi connectivity index (χ0v) is 14.9.